The lowest BCUT2D eigenvalue weighted by Crippen LogP contribution is -1.99. The molecule has 1 saturated carbocycles. The molecule has 13 heavy (non-hydrogen) atoms. The molecule has 1 aliphatic rings. The number of nitrogens with two attached hydrogens (primary N) is 1. The summed E-state index contributed by atoms with van der Waals surface area (Å²) >= 11 is 1.80. The first-order valence-corrected chi connectivity index (χ1v) is 5.29. The van der Waals surface area contributed by atoms with Gasteiger partial charge in [0.2, 0.25) is 0 Å². The summed E-state index contributed by atoms with van der Waals surface area (Å²) in [5.74, 6) is 0. The van der Waals surface area contributed by atoms with Gasteiger partial charge in [0, 0.05) is 16.1 Å². The third kappa shape index (κ3) is 2.31. The highest BCUT2D eigenvalue weighted by Crippen LogP contribution is 2.47. The van der Waals surface area contributed by atoms with E-state index in [2.05, 4.69) is 11.6 Å². The van der Waals surface area contributed by atoms with E-state index in [-0.39, 0.29) is 0 Å². The van der Waals surface area contributed by atoms with Crippen molar-refractivity contribution in [1.82, 2.24) is 0 Å². The molecular formula is C10H14N2S. The molecule has 0 unspecified atom stereocenters. The highest BCUT2D eigenvalue weighted by atomic mass is 32.2. The van der Waals surface area contributed by atoms with Crippen LogP contribution in [0.4, 0.5) is 11.4 Å². The molecule has 2 nitrogen and oxygen atoms in total. The molecule has 1 aromatic rings. The van der Waals surface area contributed by atoms with Crippen molar-refractivity contribution in [2.24, 2.45) is 0 Å². The van der Waals surface area contributed by atoms with Crippen LogP contribution in [0.1, 0.15) is 19.8 Å². The minimum atomic E-state index is 0.463. The van der Waals surface area contributed by atoms with E-state index in [4.69, 9.17) is 5.73 Å². The maximum absolute atomic E-state index is 5.66. The highest BCUT2D eigenvalue weighted by Gasteiger charge is 2.38. The van der Waals surface area contributed by atoms with E-state index >= 15 is 0 Å². The van der Waals surface area contributed by atoms with Gasteiger partial charge in [0.05, 0.1) is 0 Å². The smallest absolute Gasteiger partial charge is 0.0460 e. The van der Waals surface area contributed by atoms with Crippen LogP contribution < -0.4 is 10.5 Å². The van der Waals surface area contributed by atoms with Crippen LogP contribution in [0.2, 0.25) is 0 Å². The zero-order chi connectivity index (χ0) is 9.31. The van der Waals surface area contributed by atoms with Gasteiger partial charge < -0.3 is 10.5 Å². The lowest BCUT2D eigenvalue weighted by atomic mass is 10.3. The number of nitrogens with one attached hydrogen (secondary N) is 1. The highest BCUT2D eigenvalue weighted by molar-refractivity contribution is 8.02. The van der Waals surface area contributed by atoms with Gasteiger partial charge in [-0.15, -0.1) is 0 Å². The van der Waals surface area contributed by atoms with Crippen LogP contribution in [0.25, 0.3) is 0 Å². The molecule has 1 aromatic carbocycles. The summed E-state index contributed by atoms with van der Waals surface area (Å²) in [6.45, 7) is 2.27. The Morgan fingerprint density at radius 2 is 2.23 bits per heavy atom. The fourth-order valence-electron chi connectivity index (χ4n) is 1.06. The molecule has 3 heteroatoms. The molecule has 0 heterocycles. The second-order valence-corrected chi connectivity index (χ2v) is 5.17. The third-order valence-corrected chi connectivity index (χ3v) is 3.49. The molecule has 1 fully saturated rings. The number of rotatable bonds is 3. The van der Waals surface area contributed by atoms with Crippen molar-refractivity contribution < 1.29 is 0 Å². The molecule has 1 aliphatic carbocycles. The maximum Gasteiger partial charge on any atom is 0.0460 e. The van der Waals surface area contributed by atoms with Gasteiger partial charge >= 0.3 is 0 Å². The normalized spacial score (nSPS) is 18.2. The van der Waals surface area contributed by atoms with Gasteiger partial charge in [-0.2, -0.15) is 0 Å². The molecule has 0 amide bonds. The average Bonchev–Trinajstić information content (AvgIpc) is 2.82. The molecule has 0 radical (unpaired) electrons. The van der Waals surface area contributed by atoms with Crippen LogP contribution in [0.5, 0.6) is 0 Å². The van der Waals surface area contributed by atoms with Gasteiger partial charge in [-0.3, -0.25) is 0 Å². The predicted octanol–water partition coefficient (Wildman–Crippen LogP) is 2.88. The second kappa shape index (κ2) is 3.14. The van der Waals surface area contributed by atoms with E-state index < -0.39 is 0 Å². The molecule has 0 aliphatic heterocycles. The first kappa shape index (κ1) is 8.75. The minimum Gasteiger partial charge on any atom is -0.399 e. The quantitative estimate of drug-likeness (QED) is 0.574. The van der Waals surface area contributed by atoms with Crippen LogP contribution >= 0.6 is 11.9 Å². The first-order valence-electron chi connectivity index (χ1n) is 4.48. The fourth-order valence-corrected chi connectivity index (χ4v) is 1.86. The van der Waals surface area contributed by atoms with Crippen LogP contribution in [-0.4, -0.2) is 4.75 Å². The monoisotopic (exact) mass is 194 g/mol. The zero-order valence-electron chi connectivity index (χ0n) is 7.71. The van der Waals surface area contributed by atoms with Crippen molar-refractivity contribution in [2.45, 2.75) is 24.5 Å². The molecule has 0 bridgehead atoms. The Bertz CT molecular complexity index is 308. The number of hydrogen-bond donors (Lipinski definition) is 2. The Balaban J connectivity index is 1.94. The number of nitrogen functional groups attached to an aromatic ring is 1. The summed E-state index contributed by atoms with van der Waals surface area (Å²) in [4.78, 5) is 0. The Kier molecular flexibility index (Phi) is 2.12. The van der Waals surface area contributed by atoms with Crippen molar-refractivity contribution in [2.75, 3.05) is 10.5 Å². The maximum atomic E-state index is 5.66. The lowest BCUT2D eigenvalue weighted by molar-refractivity contribution is 1.05. The molecule has 3 N–H and O–H groups in total. The number of anilines is 2. The zero-order valence-corrected chi connectivity index (χ0v) is 8.53. The van der Waals surface area contributed by atoms with E-state index in [9.17, 15) is 0 Å². The summed E-state index contributed by atoms with van der Waals surface area (Å²) in [5.41, 5.74) is 7.57. The predicted molar refractivity (Wildman–Crippen MR) is 59.7 cm³/mol. The van der Waals surface area contributed by atoms with Crippen LogP contribution in [0.3, 0.4) is 0 Å². The first-order chi connectivity index (χ1) is 6.18. The lowest BCUT2D eigenvalue weighted by Gasteiger charge is -2.10. The molecule has 0 aromatic heterocycles. The van der Waals surface area contributed by atoms with Crippen LogP contribution in [0, 0.1) is 0 Å². The number of hydrogen-bond acceptors (Lipinski definition) is 3. The second-order valence-electron chi connectivity index (χ2n) is 3.78. The molecule has 0 atom stereocenters. The molecule has 2 rings (SSSR count). The molecule has 0 spiro atoms. The van der Waals surface area contributed by atoms with Crippen LogP contribution in [0.15, 0.2) is 24.3 Å². The van der Waals surface area contributed by atoms with Gasteiger partial charge in [-0.05, 0) is 49.9 Å². The van der Waals surface area contributed by atoms with E-state index in [0.717, 1.165) is 11.4 Å². The van der Waals surface area contributed by atoms with Gasteiger partial charge in [-0.1, -0.05) is 6.07 Å². The fraction of sp³-hybridized carbons (Fsp3) is 0.400. The average molecular weight is 194 g/mol. The Labute approximate surface area is 83.0 Å². The summed E-state index contributed by atoms with van der Waals surface area (Å²) in [6, 6.07) is 7.86. The van der Waals surface area contributed by atoms with Crippen molar-refractivity contribution in [1.29, 1.82) is 0 Å². The topological polar surface area (TPSA) is 38.0 Å². The molecular weight excluding hydrogens is 180 g/mol. The van der Waals surface area contributed by atoms with Gasteiger partial charge in [-0.25, -0.2) is 0 Å². The Morgan fingerprint density at radius 3 is 2.85 bits per heavy atom. The van der Waals surface area contributed by atoms with E-state index in [1.807, 2.05) is 24.3 Å². The van der Waals surface area contributed by atoms with E-state index in [1.165, 1.54) is 12.8 Å². The van der Waals surface area contributed by atoms with Crippen molar-refractivity contribution >= 4 is 23.3 Å². The summed E-state index contributed by atoms with van der Waals surface area (Å²) < 4.78 is 3.79. The largest absolute Gasteiger partial charge is 0.399 e. The van der Waals surface area contributed by atoms with Gasteiger partial charge in [0.25, 0.3) is 0 Å². The summed E-state index contributed by atoms with van der Waals surface area (Å²) in [5, 5.41) is 0. The van der Waals surface area contributed by atoms with E-state index in [0.29, 0.717) is 4.75 Å². The van der Waals surface area contributed by atoms with Crippen molar-refractivity contribution in [3.63, 3.8) is 0 Å². The Morgan fingerprint density at radius 1 is 1.46 bits per heavy atom. The van der Waals surface area contributed by atoms with Crippen molar-refractivity contribution in [3.8, 4) is 0 Å². The summed E-state index contributed by atoms with van der Waals surface area (Å²) in [7, 11) is 0. The van der Waals surface area contributed by atoms with Gasteiger partial charge in [0.15, 0.2) is 0 Å². The summed E-state index contributed by atoms with van der Waals surface area (Å²) in [6.07, 6.45) is 2.62. The third-order valence-electron chi connectivity index (χ3n) is 2.26. The van der Waals surface area contributed by atoms with Gasteiger partial charge in [0.1, 0.15) is 0 Å². The van der Waals surface area contributed by atoms with Crippen LogP contribution in [-0.2, 0) is 0 Å². The molecule has 0 saturated heterocycles. The standard InChI is InChI=1S/C10H14N2S/c1-10(5-6-10)13-12-9-4-2-3-8(11)7-9/h2-4,7,12H,5-6,11H2,1H3. The minimum absolute atomic E-state index is 0.463. The molecule has 70 valence electrons. The van der Waals surface area contributed by atoms with E-state index in [1.54, 1.807) is 11.9 Å². The van der Waals surface area contributed by atoms with Crippen molar-refractivity contribution in [3.05, 3.63) is 24.3 Å². The number of benzene rings is 1. The Hall–Kier alpha value is -0.830. The SMILES string of the molecule is CC1(SNc2cccc(N)c2)CC1.